The summed E-state index contributed by atoms with van der Waals surface area (Å²) in [6, 6.07) is 0.463. The zero-order valence-corrected chi connectivity index (χ0v) is 9.46. The molecule has 0 amide bonds. The highest BCUT2D eigenvalue weighted by molar-refractivity contribution is 4.89. The average Bonchev–Trinajstić information content (AvgIpc) is 2.59. The second-order valence-corrected chi connectivity index (χ2v) is 4.19. The normalized spacial score (nSPS) is 29.0. The third-order valence-corrected chi connectivity index (χ3v) is 2.92. The molecule has 1 rings (SSSR count). The molecule has 2 nitrogen and oxygen atoms in total. The van der Waals surface area contributed by atoms with Gasteiger partial charge in [0.2, 0.25) is 0 Å². The first-order chi connectivity index (χ1) is 6.79. The van der Waals surface area contributed by atoms with Gasteiger partial charge in [-0.25, -0.2) is 0 Å². The lowest BCUT2D eigenvalue weighted by atomic mass is 9.95. The highest BCUT2D eigenvalue weighted by atomic mass is 16.5. The summed E-state index contributed by atoms with van der Waals surface area (Å²) < 4.78 is 5.77. The van der Waals surface area contributed by atoms with Crippen molar-refractivity contribution in [1.82, 2.24) is 5.32 Å². The molecular formula is C12H23NO. The fraction of sp³-hybridized carbons (Fsp3) is 0.833. The topological polar surface area (TPSA) is 21.3 Å². The van der Waals surface area contributed by atoms with Gasteiger partial charge in [-0.2, -0.15) is 0 Å². The van der Waals surface area contributed by atoms with E-state index in [9.17, 15) is 0 Å². The van der Waals surface area contributed by atoms with E-state index in [0.29, 0.717) is 18.1 Å². The van der Waals surface area contributed by atoms with Crippen molar-refractivity contribution in [2.45, 2.75) is 45.3 Å². The first-order valence-corrected chi connectivity index (χ1v) is 5.75. The Kier molecular flexibility index (Phi) is 5.20. The van der Waals surface area contributed by atoms with Crippen molar-refractivity contribution in [1.29, 1.82) is 0 Å². The van der Waals surface area contributed by atoms with E-state index in [0.717, 1.165) is 19.6 Å². The van der Waals surface area contributed by atoms with E-state index < -0.39 is 0 Å². The molecule has 0 bridgehead atoms. The van der Waals surface area contributed by atoms with Crippen LogP contribution in [0.2, 0.25) is 0 Å². The second-order valence-electron chi connectivity index (χ2n) is 4.19. The first kappa shape index (κ1) is 11.7. The fourth-order valence-corrected chi connectivity index (χ4v) is 2.07. The molecule has 3 atom stereocenters. The van der Waals surface area contributed by atoms with Crippen molar-refractivity contribution in [2.24, 2.45) is 5.92 Å². The largest absolute Gasteiger partial charge is 0.376 e. The molecule has 1 N–H and O–H groups in total. The van der Waals surface area contributed by atoms with Gasteiger partial charge in [0.25, 0.3) is 0 Å². The smallest absolute Gasteiger partial charge is 0.0757 e. The Balaban J connectivity index is 2.43. The van der Waals surface area contributed by atoms with Crippen LogP contribution in [0.5, 0.6) is 0 Å². The van der Waals surface area contributed by atoms with Gasteiger partial charge in [-0.05, 0) is 31.7 Å². The molecular weight excluding hydrogens is 174 g/mol. The molecule has 82 valence electrons. The maximum Gasteiger partial charge on any atom is 0.0757 e. The van der Waals surface area contributed by atoms with Gasteiger partial charge in [0.15, 0.2) is 0 Å². The van der Waals surface area contributed by atoms with E-state index in [1.54, 1.807) is 0 Å². The van der Waals surface area contributed by atoms with Crippen LogP contribution in [0.1, 0.15) is 33.1 Å². The van der Waals surface area contributed by atoms with Gasteiger partial charge in [-0.15, -0.1) is 6.58 Å². The highest BCUT2D eigenvalue weighted by Gasteiger charge is 2.30. The SMILES string of the molecule is C=CCC(NCCC)C1OCCC1C. The van der Waals surface area contributed by atoms with E-state index in [1.807, 2.05) is 6.08 Å². The predicted molar refractivity (Wildman–Crippen MR) is 60.4 cm³/mol. The van der Waals surface area contributed by atoms with Crippen molar-refractivity contribution in [3.8, 4) is 0 Å². The summed E-state index contributed by atoms with van der Waals surface area (Å²) in [7, 11) is 0. The number of rotatable bonds is 6. The predicted octanol–water partition coefficient (Wildman–Crippen LogP) is 2.36. The zero-order chi connectivity index (χ0) is 10.4. The van der Waals surface area contributed by atoms with Crippen molar-refractivity contribution < 1.29 is 4.74 Å². The van der Waals surface area contributed by atoms with E-state index in [1.165, 1.54) is 12.8 Å². The molecule has 0 spiro atoms. The van der Waals surface area contributed by atoms with Gasteiger partial charge in [-0.3, -0.25) is 0 Å². The van der Waals surface area contributed by atoms with Crippen LogP contribution in [0.4, 0.5) is 0 Å². The van der Waals surface area contributed by atoms with E-state index in [2.05, 4.69) is 25.7 Å². The molecule has 3 unspecified atom stereocenters. The number of hydrogen-bond donors (Lipinski definition) is 1. The fourth-order valence-electron chi connectivity index (χ4n) is 2.07. The van der Waals surface area contributed by atoms with Gasteiger partial charge in [0.05, 0.1) is 6.10 Å². The van der Waals surface area contributed by atoms with Crippen molar-refractivity contribution in [3.63, 3.8) is 0 Å². The van der Waals surface area contributed by atoms with Crippen LogP contribution in [-0.4, -0.2) is 25.3 Å². The minimum Gasteiger partial charge on any atom is -0.376 e. The van der Waals surface area contributed by atoms with Crippen LogP contribution in [0.15, 0.2) is 12.7 Å². The number of nitrogens with one attached hydrogen (secondary N) is 1. The summed E-state index contributed by atoms with van der Waals surface area (Å²) in [6.07, 6.45) is 5.76. The molecule has 0 aromatic rings. The standard InChI is InChI=1S/C12H23NO/c1-4-6-11(13-8-5-2)12-10(3)7-9-14-12/h4,10-13H,1,5-9H2,2-3H3. The summed E-state index contributed by atoms with van der Waals surface area (Å²) in [5, 5.41) is 3.55. The zero-order valence-electron chi connectivity index (χ0n) is 9.46. The van der Waals surface area contributed by atoms with Crippen molar-refractivity contribution in [3.05, 3.63) is 12.7 Å². The van der Waals surface area contributed by atoms with Gasteiger partial charge in [0, 0.05) is 12.6 Å². The number of ether oxygens (including phenoxy) is 1. The summed E-state index contributed by atoms with van der Waals surface area (Å²) in [4.78, 5) is 0. The monoisotopic (exact) mass is 197 g/mol. The van der Waals surface area contributed by atoms with Crippen LogP contribution in [0.25, 0.3) is 0 Å². The molecule has 0 aliphatic carbocycles. The van der Waals surface area contributed by atoms with Crippen molar-refractivity contribution >= 4 is 0 Å². The lowest BCUT2D eigenvalue weighted by Gasteiger charge is -2.26. The molecule has 0 aromatic heterocycles. The van der Waals surface area contributed by atoms with Crippen LogP contribution in [0, 0.1) is 5.92 Å². The minimum atomic E-state index is 0.388. The molecule has 2 heteroatoms. The summed E-state index contributed by atoms with van der Waals surface area (Å²) >= 11 is 0. The third-order valence-electron chi connectivity index (χ3n) is 2.92. The van der Waals surface area contributed by atoms with Crippen LogP contribution in [-0.2, 0) is 4.74 Å². The van der Waals surface area contributed by atoms with Gasteiger partial charge >= 0.3 is 0 Å². The Morgan fingerprint density at radius 2 is 2.43 bits per heavy atom. The summed E-state index contributed by atoms with van der Waals surface area (Å²) in [5.41, 5.74) is 0. The molecule has 14 heavy (non-hydrogen) atoms. The maximum atomic E-state index is 5.77. The Labute approximate surface area is 87.7 Å². The Bertz CT molecular complexity index is 170. The Morgan fingerprint density at radius 3 is 2.93 bits per heavy atom. The Morgan fingerprint density at radius 1 is 1.64 bits per heavy atom. The van der Waals surface area contributed by atoms with Crippen LogP contribution >= 0.6 is 0 Å². The maximum absolute atomic E-state index is 5.77. The summed E-state index contributed by atoms with van der Waals surface area (Å²) in [5.74, 6) is 0.685. The molecule has 1 heterocycles. The second kappa shape index (κ2) is 6.20. The van der Waals surface area contributed by atoms with E-state index in [4.69, 9.17) is 4.74 Å². The Hall–Kier alpha value is -0.340. The van der Waals surface area contributed by atoms with E-state index >= 15 is 0 Å². The molecule has 0 saturated carbocycles. The van der Waals surface area contributed by atoms with Crippen LogP contribution in [0.3, 0.4) is 0 Å². The quantitative estimate of drug-likeness (QED) is 0.660. The molecule has 1 fully saturated rings. The average molecular weight is 197 g/mol. The van der Waals surface area contributed by atoms with E-state index in [-0.39, 0.29) is 0 Å². The van der Waals surface area contributed by atoms with Crippen LogP contribution < -0.4 is 5.32 Å². The lowest BCUT2D eigenvalue weighted by molar-refractivity contribution is 0.0618. The lowest BCUT2D eigenvalue weighted by Crippen LogP contribution is -2.42. The molecule has 1 aliphatic rings. The molecule has 1 saturated heterocycles. The van der Waals surface area contributed by atoms with Gasteiger partial charge in [0.1, 0.15) is 0 Å². The first-order valence-electron chi connectivity index (χ1n) is 5.75. The van der Waals surface area contributed by atoms with Gasteiger partial charge in [-0.1, -0.05) is 19.9 Å². The third kappa shape index (κ3) is 3.10. The van der Waals surface area contributed by atoms with Crippen molar-refractivity contribution in [2.75, 3.05) is 13.2 Å². The summed E-state index contributed by atoms with van der Waals surface area (Å²) in [6.45, 7) is 10.3. The minimum absolute atomic E-state index is 0.388. The molecule has 0 aromatic carbocycles. The number of hydrogen-bond acceptors (Lipinski definition) is 2. The van der Waals surface area contributed by atoms with Gasteiger partial charge < -0.3 is 10.1 Å². The molecule has 0 radical (unpaired) electrons. The highest BCUT2D eigenvalue weighted by Crippen LogP contribution is 2.24. The molecule has 1 aliphatic heterocycles.